The number of fused-ring (bicyclic) bond motifs is 6. The molecule has 12 nitrogen and oxygen atoms in total. The molecule has 0 aliphatic heterocycles. The van der Waals surface area contributed by atoms with Crippen molar-refractivity contribution in [3.05, 3.63) is 60.2 Å². The Morgan fingerprint density at radius 3 is 1.49 bits per heavy atom. The number of hydrogen-bond donors (Lipinski definition) is 4. The number of imidazole rings is 2. The zero-order valence-electron chi connectivity index (χ0n) is 27.5. The van der Waals surface area contributed by atoms with Crippen LogP contribution in [0.5, 0.6) is 0 Å². The Bertz CT molecular complexity index is 2140. The lowest BCUT2D eigenvalue weighted by atomic mass is 10.1. The first-order valence-corrected chi connectivity index (χ1v) is 18.4. The summed E-state index contributed by atoms with van der Waals surface area (Å²) >= 11 is 0. The molecule has 0 amide bonds. The highest BCUT2D eigenvalue weighted by molar-refractivity contribution is 7.84. The Morgan fingerprint density at radius 1 is 0.702 bits per heavy atom. The van der Waals surface area contributed by atoms with Gasteiger partial charge in [0, 0.05) is 44.4 Å². The lowest BCUT2D eigenvalue weighted by Crippen LogP contribution is -2.27. The maximum absolute atomic E-state index is 12.1. The van der Waals surface area contributed by atoms with Gasteiger partial charge in [-0.05, 0) is 39.8 Å². The molecule has 47 heavy (non-hydrogen) atoms. The van der Waals surface area contributed by atoms with E-state index in [1.165, 1.54) is 0 Å². The predicted octanol–water partition coefficient (Wildman–Crippen LogP) is 4.02. The number of benzene rings is 2. The number of nitrogens with zero attached hydrogens (tertiary/aromatic N) is 6. The van der Waals surface area contributed by atoms with Gasteiger partial charge in [-0.25, -0.2) is 19.9 Å². The van der Waals surface area contributed by atoms with Crippen molar-refractivity contribution in [3.8, 4) is 0 Å². The van der Waals surface area contributed by atoms with Crippen LogP contribution in [0.4, 0.5) is 11.6 Å². The minimum absolute atomic E-state index is 0.304. The average molecular weight is 679 g/mol. The van der Waals surface area contributed by atoms with Crippen molar-refractivity contribution in [2.24, 2.45) is 0 Å². The smallest absolute Gasteiger partial charge is 0.152 e. The van der Waals surface area contributed by atoms with Crippen LogP contribution < -0.4 is 11.5 Å². The molecule has 0 aliphatic rings. The normalized spacial score (nSPS) is 13.7. The zero-order valence-corrected chi connectivity index (χ0v) is 29.2. The van der Waals surface area contributed by atoms with Gasteiger partial charge in [-0.2, -0.15) is 0 Å². The Kier molecular flexibility index (Phi) is 9.69. The molecule has 14 heteroatoms. The van der Waals surface area contributed by atoms with E-state index in [0.717, 1.165) is 32.8 Å². The maximum Gasteiger partial charge on any atom is 0.152 e. The Morgan fingerprint density at radius 2 is 1.11 bits per heavy atom. The van der Waals surface area contributed by atoms with Crippen LogP contribution in [0.15, 0.2) is 48.5 Å². The van der Waals surface area contributed by atoms with E-state index in [-0.39, 0.29) is 0 Å². The lowest BCUT2D eigenvalue weighted by molar-refractivity contribution is 0.0614. The fourth-order valence-corrected chi connectivity index (χ4v) is 6.87. The van der Waals surface area contributed by atoms with Crippen LogP contribution in [0.2, 0.25) is 0 Å². The third-order valence-corrected chi connectivity index (χ3v) is 9.30. The first-order chi connectivity index (χ1) is 22.1. The second-order valence-electron chi connectivity index (χ2n) is 12.9. The highest BCUT2D eigenvalue weighted by Gasteiger charge is 2.24. The third-order valence-electron chi connectivity index (χ3n) is 7.41. The van der Waals surface area contributed by atoms with E-state index in [4.69, 9.17) is 11.5 Å². The largest absolute Gasteiger partial charge is 0.389 e. The molecule has 4 heterocycles. The number of nitrogen functional groups attached to an aromatic ring is 2. The van der Waals surface area contributed by atoms with Gasteiger partial charge in [0.25, 0.3) is 0 Å². The highest BCUT2D eigenvalue weighted by Crippen LogP contribution is 2.31. The second-order valence-corrected chi connectivity index (χ2v) is 16.0. The molecule has 0 fully saturated rings. The first-order valence-electron chi connectivity index (χ1n) is 15.2. The predicted molar refractivity (Wildman–Crippen MR) is 192 cm³/mol. The Balaban J connectivity index is 0.000000185. The summed E-state index contributed by atoms with van der Waals surface area (Å²) < 4.78 is 27.6. The topological polar surface area (TPSA) is 188 Å². The number of pyridine rings is 2. The standard InChI is InChI=1S/C17H22N4O2S.C16H20N4O2S/c1-4-24(23)9-13-20-14-15(21(13)10-17(2,3)22)11-7-5-6-8-12(11)19-16(14)18;1-16(2,21)9-20-12(8-23(3)22)19-13-14(20)10-6-4-5-7-11(10)18-15(13)17/h5-8,22H,4,9-10H2,1-3H3,(H2,18,19);4-7,21H,8-9H2,1-3H3,(H2,17,18). The fourth-order valence-electron chi connectivity index (χ4n) is 5.57. The van der Waals surface area contributed by atoms with Crippen LogP contribution in [0.25, 0.3) is 43.9 Å². The van der Waals surface area contributed by atoms with Gasteiger partial charge in [0.1, 0.15) is 22.7 Å². The summed E-state index contributed by atoms with van der Waals surface area (Å²) in [6.45, 7) is 9.51. The molecular formula is C33H42N8O4S2. The molecule has 6 aromatic rings. The number of hydrogen-bond acceptors (Lipinski definition) is 10. The van der Waals surface area contributed by atoms with Gasteiger partial charge in [0.2, 0.25) is 0 Å². The van der Waals surface area contributed by atoms with Gasteiger partial charge in [-0.1, -0.05) is 43.3 Å². The van der Waals surface area contributed by atoms with Crippen molar-refractivity contribution >= 4 is 77.1 Å². The van der Waals surface area contributed by atoms with Crippen molar-refractivity contribution in [2.75, 3.05) is 23.5 Å². The number of nitrogens with two attached hydrogens (primary N) is 2. The molecule has 0 radical (unpaired) electrons. The molecule has 6 N–H and O–H groups in total. The van der Waals surface area contributed by atoms with Crippen molar-refractivity contribution in [1.29, 1.82) is 0 Å². The molecule has 250 valence electrons. The second kappa shape index (κ2) is 13.3. The van der Waals surface area contributed by atoms with Gasteiger partial charge >= 0.3 is 0 Å². The average Bonchev–Trinajstić information content (AvgIpc) is 3.50. The van der Waals surface area contributed by atoms with Gasteiger partial charge in [-0.15, -0.1) is 0 Å². The van der Waals surface area contributed by atoms with E-state index in [9.17, 15) is 18.6 Å². The van der Waals surface area contributed by atoms with Gasteiger partial charge in [0.05, 0.1) is 57.9 Å². The van der Waals surface area contributed by atoms with Gasteiger partial charge in [0.15, 0.2) is 11.6 Å². The van der Waals surface area contributed by atoms with Crippen molar-refractivity contribution in [2.45, 2.75) is 70.4 Å². The van der Waals surface area contributed by atoms with E-state index < -0.39 is 32.8 Å². The zero-order chi connectivity index (χ0) is 34.3. The third kappa shape index (κ3) is 7.61. The molecule has 2 aromatic carbocycles. The van der Waals surface area contributed by atoms with Gasteiger partial charge < -0.3 is 30.8 Å². The van der Waals surface area contributed by atoms with E-state index >= 15 is 0 Å². The lowest BCUT2D eigenvalue weighted by Gasteiger charge is -2.20. The van der Waals surface area contributed by atoms with Gasteiger partial charge in [-0.3, -0.25) is 8.42 Å². The summed E-state index contributed by atoms with van der Waals surface area (Å²) in [4.78, 5) is 18.0. The summed E-state index contributed by atoms with van der Waals surface area (Å²) in [5.74, 6) is 3.19. The molecule has 0 spiro atoms. The number of rotatable bonds is 9. The quantitative estimate of drug-likeness (QED) is 0.174. The van der Waals surface area contributed by atoms with Crippen LogP contribution in [0.3, 0.4) is 0 Å². The molecule has 4 aromatic heterocycles. The summed E-state index contributed by atoms with van der Waals surface area (Å²) in [5.41, 5.74) is 14.7. The van der Waals surface area contributed by atoms with Crippen LogP contribution in [-0.4, -0.2) is 70.9 Å². The summed E-state index contributed by atoms with van der Waals surface area (Å²) in [6.07, 6.45) is 1.63. The van der Waals surface area contributed by atoms with Crippen molar-refractivity contribution in [1.82, 2.24) is 29.1 Å². The van der Waals surface area contributed by atoms with Crippen LogP contribution in [0, 0.1) is 0 Å². The van der Waals surface area contributed by atoms with E-state index in [0.29, 0.717) is 64.7 Å². The Labute approximate surface area is 278 Å². The van der Waals surface area contributed by atoms with E-state index in [1.807, 2.05) is 64.6 Å². The molecule has 0 saturated heterocycles. The van der Waals surface area contributed by atoms with Crippen LogP contribution >= 0.6 is 0 Å². The van der Waals surface area contributed by atoms with Crippen molar-refractivity contribution < 1.29 is 18.6 Å². The highest BCUT2D eigenvalue weighted by atomic mass is 32.2. The molecule has 2 unspecified atom stereocenters. The number of para-hydroxylation sites is 2. The molecular weight excluding hydrogens is 637 g/mol. The summed E-state index contributed by atoms with van der Waals surface area (Å²) in [5, 5.41) is 22.5. The van der Waals surface area contributed by atoms with Crippen LogP contribution in [-0.2, 0) is 46.2 Å². The molecule has 6 rings (SSSR count). The minimum atomic E-state index is -1.05. The number of anilines is 2. The van der Waals surface area contributed by atoms with E-state index in [1.54, 1.807) is 34.0 Å². The van der Waals surface area contributed by atoms with E-state index in [2.05, 4.69) is 19.9 Å². The molecule has 2 atom stereocenters. The fraction of sp³-hybridized carbons (Fsp3) is 0.394. The summed E-state index contributed by atoms with van der Waals surface area (Å²) in [7, 11) is -2.06. The first kappa shape index (κ1) is 34.4. The molecule has 0 aliphatic carbocycles. The molecule has 0 bridgehead atoms. The number of aliphatic hydroxyl groups is 2. The monoisotopic (exact) mass is 678 g/mol. The minimum Gasteiger partial charge on any atom is -0.389 e. The number of aromatic nitrogens is 6. The maximum atomic E-state index is 12.1. The Hall–Kier alpha value is -3.98. The van der Waals surface area contributed by atoms with Crippen molar-refractivity contribution in [3.63, 3.8) is 0 Å². The molecule has 0 saturated carbocycles. The van der Waals surface area contributed by atoms with Crippen LogP contribution in [0.1, 0.15) is 46.3 Å². The summed E-state index contributed by atoms with van der Waals surface area (Å²) in [6, 6.07) is 15.4. The SMILES string of the molecule is CCS(=O)Cc1nc2c(N)nc3ccccc3c2n1CC(C)(C)O.CS(=O)Cc1nc2c(N)nc3ccccc3c2n1CC(C)(C)O.